The first-order chi connectivity index (χ1) is 13.1. The van der Waals surface area contributed by atoms with E-state index >= 15 is 0 Å². The molecule has 2 heterocycles. The van der Waals surface area contributed by atoms with Crippen LogP contribution in [0.3, 0.4) is 0 Å². The summed E-state index contributed by atoms with van der Waals surface area (Å²) in [7, 11) is 0. The van der Waals surface area contributed by atoms with Gasteiger partial charge in [0.15, 0.2) is 0 Å². The second-order valence-electron chi connectivity index (χ2n) is 6.18. The van der Waals surface area contributed by atoms with Crippen molar-refractivity contribution in [1.82, 2.24) is 4.98 Å². The van der Waals surface area contributed by atoms with E-state index in [1.165, 1.54) is 0 Å². The number of carbonyl (C=O) groups excluding carboxylic acids is 1. The summed E-state index contributed by atoms with van der Waals surface area (Å²) >= 11 is 12.0. The summed E-state index contributed by atoms with van der Waals surface area (Å²) in [5.41, 5.74) is 4.02. The van der Waals surface area contributed by atoms with E-state index in [0.29, 0.717) is 28.8 Å². The molecule has 27 heavy (non-hydrogen) atoms. The van der Waals surface area contributed by atoms with Crippen LogP contribution >= 0.6 is 23.2 Å². The highest BCUT2D eigenvalue weighted by Gasteiger charge is 2.33. The number of nitrogens with zero attached hydrogens (tertiary/aromatic N) is 3. The fourth-order valence-electron chi connectivity index (χ4n) is 3.05. The molecule has 0 unspecified atom stereocenters. The van der Waals surface area contributed by atoms with Gasteiger partial charge in [0.1, 0.15) is 5.71 Å². The Morgan fingerprint density at radius 3 is 2.59 bits per heavy atom. The zero-order valence-corrected chi connectivity index (χ0v) is 15.8. The van der Waals surface area contributed by atoms with Crippen molar-refractivity contribution in [2.75, 3.05) is 4.90 Å². The molecule has 3 aromatic rings. The van der Waals surface area contributed by atoms with Crippen molar-refractivity contribution in [3.8, 4) is 0 Å². The molecule has 0 N–H and O–H groups in total. The van der Waals surface area contributed by atoms with Crippen molar-refractivity contribution in [3.63, 3.8) is 0 Å². The maximum atomic E-state index is 13.0. The van der Waals surface area contributed by atoms with Crippen LogP contribution < -0.4 is 4.90 Å². The van der Waals surface area contributed by atoms with Gasteiger partial charge in [-0.15, -0.1) is 0 Å². The minimum Gasteiger partial charge on any atom is -0.302 e. The Hall–Kier alpha value is -2.69. The van der Waals surface area contributed by atoms with Crippen molar-refractivity contribution in [3.05, 3.63) is 93.7 Å². The first-order valence-electron chi connectivity index (χ1n) is 8.42. The van der Waals surface area contributed by atoms with Crippen LogP contribution in [0.2, 0.25) is 10.0 Å². The third-order valence-electron chi connectivity index (χ3n) is 4.36. The molecule has 0 atom stereocenters. The first-order valence-corrected chi connectivity index (χ1v) is 9.17. The topological polar surface area (TPSA) is 45.6 Å². The Morgan fingerprint density at radius 2 is 1.81 bits per heavy atom. The average Bonchev–Trinajstić information content (AvgIpc) is 2.95. The van der Waals surface area contributed by atoms with Gasteiger partial charge in [-0.1, -0.05) is 53.5 Å². The van der Waals surface area contributed by atoms with Crippen molar-refractivity contribution in [2.45, 2.75) is 13.1 Å². The van der Waals surface area contributed by atoms with Crippen LogP contribution in [0, 0.1) is 0 Å². The fourth-order valence-corrected chi connectivity index (χ4v) is 3.37. The van der Waals surface area contributed by atoms with E-state index in [2.05, 4.69) is 9.98 Å². The molecule has 2 aromatic carbocycles. The molecule has 1 aliphatic rings. The molecule has 134 valence electrons. The summed E-state index contributed by atoms with van der Waals surface area (Å²) in [6, 6.07) is 16.9. The smallest absolute Gasteiger partial charge is 0.277 e. The average molecular weight is 396 g/mol. The molecule has 0 bridgehead atoms. The van der Waals surface area contributed by atoms with E-state index in [1.807, 2.05) is 42.5 Å². The Kier molecular flexibility index (Phi) is 4.92. The third-order valence-corrected chi connectivity index (χ3v) is 5.10. The number of rotatable bonds is 4. The van der Waals surface area contributed by atoms with Gasteiger partial charge in [-0.3, -0.25) is 14.8 Å². The lowest BCUT2D eigenvalue weighted by molar-refractivity contribution is -0.112. The van der Waals surface area contributed by atoms with E-state index in [4.69, 9.17) is 23.2 Å². The van der Waals surface area contributed by atoms with Gasteiger partial charge in [-0.25, -0.2) is 0 Å². The van der Waals surface area contributed by atoms with Gasteiger partial charge in [0.25, 0.3) is 5.91 Å². The third kappa shape index (κ3) is 3.59. The number of fused-ring (bicyclic) bond motifs is 1. The summed E-state index contributed by atoms with van der Waals surface area (Å²) in [5.74, 6) is -0.111. The van der Waals surface area contributed by atoms with E-state index in [0.717, 1.165) is 22.4 Å². The Bertz CT molecular complexity index is 1030. The summed E-state index contributed by atoms with van der Waals surface area (Å²) < 4.78 is 0. The first kappa shape index (κ1) is 17.7. The van der Waals surface area contributed by atoms with E-state index < -0.39 is 0 Å². The molecule has 0 fully saturated rings. The standard InChI is InChI=1S/C21H15Cl2N3O/c22-17-8-7-14(10-18(17)23)12-25-20-16-5-1-2-6-19(16)26(21(20)27)13-15-4-3-9-24-11-15/h1-11H,12-13H2/b25-20-. The minimum absolute atomic E-state index is 0.111. The summed E-state index contributed by atoms with van der Waals surface area (Å²) in [6.45, 7) is 0.808. The van der Waals surface area contributed by atoms with E-state index in [1.54, 1.807) is 29.4 Å². The van der Waals surface area contributed by atoms with Gasteiger partial charge in [0.2, 0.25) is 0 Å². The van der Waals surface area contributed by atoms with Gasteiger partial charge < -0.3 is 4.90 Å². The number of aliphatic imine (C=N–C) groups is 1. The highest BCUT2D eigenvalue weighted by molar-refractivity contribution is 6.54. The van der Waals surface area contributed by atoms with Gasteiger partial charge >= 0.3 is 0 Å². The minimum atomic E-state index is -0.111. The fraction of sp³-hybridized carbons (Fsp3) is 0.0952. The normalized spacial score (nSPS) is 14.7. The number of benzene rings is 2. The largest absolute Gasteiger partial charge is 0.302 e. The molecule has 4 nitrogen and oxygen atoms in total. The van der Waals surface area contributed by atoms with Crippen LogP contribution in [0.25, 0.3) is 0 Å². The molecule has 1 aromatic heterocycles. The van der Waals surface area contributed by atoms with Crippen molar-refractivity contribution >= 4 is 40.5 Å². The van der Waals surface area contributed by atoms with Gasteiger partial charge in [-0.05, 0) is 35.4 Å². The molecule has 0 spiro atoms. The zero-order valence-electron chi connectivity index (χ0n) is 14.3. The quantitative estimate of drug-likeness (QED) is 0.628. The Morgan fingerprint density at radius 1 is 0.963 bits per heavy atom. The number of hydrogen-bond acceptors (Lipinski definition) is 3. The van der Waals surface area contributed by atoms with Gasteiger partial charge in [0.05, 0.1) is 28.8 Å². The number of amides is 1. The maximum absolute atomic E-state index is 13.0. The Balaban J connectivity index is 1.65. The van der Waals surface area contributed by atoms with Crippen LogP contribution in [0.4, 0.5) is 5.69 Å². The molecule has 1 aliphatic heterocycles. The molecule has 0 saturated heterocycles. The highest BCUT2D eigenvalue weighted by atomic mass is 35.5. The summed E-state index contributed by atoms with van der Waals surface area (Å²) in [5, 5.41) is 0.976. The second kappa shape index (κ2) is 7.51. The summed E-state index contributed by atoms with van der Waals surface area (Å²) in [6.07, 6.45) is 3.48. The van der Waals surface area contributed by atoms with Crippen LogP contribution in [-0.4, -0.2) is 16.6 Å². The van der Waals surface area contributed by atoms with Crippen LogP contribution in [0.15, 0.2) is 72.0 Å². The number of carbonyl (C=O) groups is 1. The van der Waals surface area contributed by atoms with Crippen molar-refractivity contribution in [1.29, 1.82) is 0 Å². The Labute approximate surface area is 167 Å². The number of aromatic nitrogens is 1. The molecular weight excluding hydrogens is 381 g/mol. The van der Waals surface area contributed by atoms with Crippen LogP contribution in [0.1, 0.15) is 16.7 Å². The van der Waals surface area contributed by atoms with E-state index in [9.17, 15) is 4.79 Å². The number of hydrogen-bond donors (Lipinski definition) is 0. The van der Waals surface area contributed by atoms with Crippen molar-refractivity contribution in [2.24, 2.45) is 4.99 Å². The SMILES string of the molecule is O=C1/C(=N\Cc2ccc(Cl)c(Cl)c2)c2ccccc2N1Cc1cccnc1. The number of anilines is 1. The molecule has 0 saturated carbocycles. The monoisotopic (exact) mass is 395 g/mol. The molecule has 6 heteroatoms. The van der Waals surface area contributed by atoms with Crippen LogP contribution in [0.5, 0.6) is 0 Å². The highest BCUT2D eigenvalue weighted by Crippen LogP contribution is 2.31. The molecule has 4 rings (SSSR count). The molecule has 1 amide bonds. The zero-order chi connectivity index (χ0) is 18.8. The number of pyridine rings is 1. The number of para-hydroxylation sites is 1. The predicted molar refractivity (Wildman–Crippen MR) is 109 cm³/mol. The molecule has 0 radical (unpaired) electrons. The lowest BCUT2D eigenvalue weighted by Gasteiger charge is -2.16. The maximum Gasteiger partial charge on any atom is 0.277 e. The van der Waals surface area contributed by atoms with Gasteiger partial charge in [-0.2, -0.15) is 0 Å². The molecular formula is C21H15Cl2N3O. The second-order valence-corrected chi connectivity index (χ2v) is 7.00. The summed E-state index contributed by atoms with van der Waals surface area (Å²) in [4.78, 5) is 23.5. The van der Waals surface area contributed by atoms with Crippen molar-refractivity contribution < 1.29 is 4.79 Å². The lowest BCUT2D eigenvalue weighted by Crippen LogP contribution is -2.29. The van der Waals surface area contributed by atoms with Crippen LogP contribution in [-0.2, 0) is 17.9 Å². The predicted octanol–water partition coefficient (Wildman–Crippen LogP) is 4.92. The molecule has 0 aliphatic carbocycles. The lowest BCUT2D eigenvalue weighted by atomic mass is 10.1. The van der Waals surface area contributed by atoms with Gasteiger partial charge in [0, 0.05) is 18.0 Å². The number of halogens is 2. The van der Waals surface area contributed by atoms with E-state index in [-0.39, 0.29) is 5.91 Å².